The first-order chi connectivity index (χ1) is 12.1. The van der Waals surface area contributed by atoms with E-state index in [1.165, 1.54) is 24.3 Å². The van der Waals surface area contributed by atoms with Crippen LogP contribution in [-0.4, -0.2) is 29.0 Å². The first kappa shape index (κ1) is 15.4. The standard InChI is InChI=1S/C18H17FN4O2/c19-12-5-3-11(4-6-12)17(24)20-15-9-13-14(22-18(25)21-13)10-16(15)23-7-1-2-8-23/h3-6,9-10H,1-2,7-8H2,(H,20,24)(H2,21,22,25). The van der Waals surface area contributed by atoms with Crippen LogP contribution in [0.15, 0.2) is 41.2 Å². The highest BCUT2D eigenvalue weighted by molar-refractivity contribution is 6.07. The second kappa shape index (κ2) is 6.08. The van der Waals surface area contributed by atoms with Crippen molar-refractivity contribution in [2.75, 3.05) is 23.3 Å². The quantitative estimate of drug-likeness (QED) is 0.686. The summed E-state index contributed by atoms with van der Waals surface area (Å²) in [4.78, 5) is 31.7. The molecule has 0 bridgehead atoms. The van der Waals surface area contributed by atoms with E-state index < -0.39 is 0 Å². The monoisotopic (exact) mass is 340 g/mol. The van der Waals surface area contributed by atoms with E-state index in [0.717, 1.165) is 31.6 Å². The average molecular weight is 340 g/mol. The Hall–Kier alpha value is -3.09. The molecule has 2 heterocycles. The van der Waals surface area contributed by atoms with Crippen LogP contribution in [0.2, 0.25) is 0 Å². The zero-order chi connectivity index (χ0) is 17.4. The van der Waals surface area contributed by atoms with Crippen LogP contribution < -0.4 is 15.9 Å². The number of anilines is 2. The van der Waals surface area contributed by atoms with Crippen molar-refractivity contribution >= 4 is 28.3 Å². The SMILES string of the molecule is O=C(Nc1cc2[nH]c(=O)[nH]c2cc1N1CCCC1)c1ccc(F)cc1. The number of halogens is 1. The number of H-pyrrole nitrogens is 2. The Morgan fingerprint density at radius 1 is 1.04 bits per heavy atom. The van der Waals surface area contributed by atoms with Crippen molar-refractivity contribution < 1.29 is 9.18 Å². The first-order valence-electron chi connectivity index (χ1n) is 8.18. The van der Waals surface area contributed by atoms with Crippen LogP contribution in [0.25, 0.3) is 11.0 Å². The van der Waals surface area contributed by atoms with Crippen LogP contribution in [-0.2, 0) is 0 Å². The second-order valence-electron chi connectivity index (χ2n) is 6.15. The minimum Gasteiger partial charge on any atom is -0.370 e. The summed E-state index contributed by atoms with van der Waals surface area (Å²) in [6, 6.07) is 9.02. The molecule has 2 aromatic carbocycles. The molecule has 128 valence electrons. The number of carbonyl (C=O) groups is 1. The number of benzene rings is 2. The molecule has 1 saturated heterocycles. The van der Waals surface area contributed by atoms with Gasteiger partial charge in [-0.05, 0) is 49.2 Å². The van der Waals surface area contributed by atoms with E-state index >= 15 is 0 Å². The molecule has 4 rings (SSSR count). The molecule has 0 aliphatic carbocycles. The molecular formula is C18H17FN4O2. The number of nitrogens with one attached hydrogen (secondary N) is 3. The molecule has 0 radical (unpaired) electrons. The van der Waals surface area contributed by atoms with Crippen molar-refractivity contribution in [1.82, 2.24) is 9.97 Å². The lowest BCUT2D eigenvalue weighted by Gasteiger charge is -2.22. The number of rotatable bonds is 3. The van der Waals surface area contributed by atoms with E-state index in [1.54, 1.807) is 6.07 Å². The maximum absolute atomic E-state index is 13.0. The average Bonchev–Trinajstić information content (AvgIpc) is 3.23. The third kappa shape index (κ3) is 3.00. The maximum atomic E-state index is 13.0. The lowest BCUT2D eigenvalue weighted by Crippen LogP contribution is -2.21. The molecule has 0 spiro atoms. The first-order valence-corrected chi connectivity index (χ1v) is 8.18. The Morgan fingerprint density at radius 2 is 1.68 bits per heavy atom. The van der Waals surface area contributed by atoms with Crippen LogP contribution in [0.3, 0.4) is 0 Å². The minimum atomic E-state index is -0.388. The molecular weight excluding hydrogens is 323 g/mol. The van der Waals surface area contributed by atoms with Gasteiger partial charge in [-0.25, -0.2) is 9.18 Å². The number of carbonyl (C=O) groups excluding carboxylic acids is 1. The molecule has 0 atom stereocenters. The van der Waals surface area contributed by atoms with Gasteiger partial charge in [-0.1, -0.05) is 0 Å². The zero-order valence-electron chi connectivity index (χ0n) is 13.4. The number of imidazole rings is 1. The van der Waals surface area contributed by atoms with E-state index in [-0.39, 0.29) is 17.4 Å². The Bertz CT molecular complexity index is 984. The number of nitrogens with zero attached hydrogens (tertiary/aromatic N) is 1. The number of amides is 1. The number of aromatic amines is 2. The third-order valence-corrected chi connectivity index (χ3v) is 4.43. The molecule has 1 fully saturated rings. The highest BCUT2D eigenvalue weighted by Gasteiger charge is 2.19. The molecule has 1 aliphatic rings. The van der Waals surface area contributed by atoms with Crippen molar-refractivity contribution in [1.29, 1.82) is 0 Å². The van der Waals surface area contributed by atoms with Gasteiger partial charge in [0.1, 0.15) is 5.82 Å². The summed E-state index contributed by atoms with van der Waals surface area (Å²) in [7, 11) is 0. The number of aromatic nitrogens is 2. The van der Waals surface area contributed by atoms with E-state index in [4.69, 9.17) is 0 Å². The van der Waals surface area contributed by atoms with E-state index in [9.17, 15) is 14.0 Å². The summed E-state index contributed by atoms with van der Waals surface area (Å²) in [5.41, 5.74) is 2.91. The van der Waals surface area contributed by atoms with Crippen LogP contribution in [0.4, 0.5) is 15.8 Å². The van der Waals surface area contributed by atoms with Crippen molar-refractivity contribution in [2.45, 2.75) is 12.8 Å². The van der Waals surface area contributed by atoms with Gasteiger partial charge >= 0.3 is 5.69 Å². The molecule has 7 heteroatoms. The normalized spacial score (nSPS) is 14.2. The summed E-state index contributed by atoms with van der Waals surface area (Å²) in [5.74, 6) is -0.710. The summed E-state index contributed by atoms with van der Waals surface area (Å²) in [5, 5.41) is 2.89. The highest BCUT2D eigenvalue weighted by Crippen LogP contribution is 2.32. The van der Waals surface area contributed by atoms with Crippen molar-refractivity contribution in [3.05, 3.63) is 58.3 Å². The number of hydrogen-bond acceptors (Lipinski definition) is 3. The largest absolute Gasteiger partial charge is 0.370 e. The smallest absolute Gasteiger partial charge is 0.323 e. The molecule has 0 unspecified atom stereocenters. The second-order valence-corrected chi connectivity index (χ2v) is 6.15. The molecule has 25 heavy (non-hydrogen) atoms. The topological polar surface area (TPSA) is 81.0 Å². The molecule has 3 aromatic rings. The zero-order valence-corrected chi connectivity index (χ0v) is 13.4. The van der Waals surface area contributed by atoms with Gasteiger partial charge in [-0.15, -0.1) is 0 Å². The van der Waals surface area contributed by atoms with Crippen molar-refractivity contribution in [2.24, 2.45) is 0 Å². The van der Waals surface area contributed by atoms with Gasteiger partial charge in [0.05, 0.1) is 22.4 Å². The van der Waals surface area contributed by atoms with Crippen LogP contribution in [0, 0.1) is 5.82 Å². The number of fused-ring (bicyclic) bond motifs is 1. The molecule has 1 aliphatic heterocycles. The molecule has 1 aromatic heterocycles. The summed E-state index contributed by atoms with van der Waals surface area (Å²) in [6.45, 7) is 1.80. The fraction of sp³-hybridized carbons (Fsp3) is 0.222. The van der Waals surface area contributed by atoms with Crippen molar-refractivity contribution in [3.8, 4) is 0 Å². The van der Waals surface area contributed by atoms with E-state index in [2.05, 4.69) is 20.2 Å². The Kier molecular flexibility index (Phi) is 3.76. The van der Waals surface area contributed by atoms with Gasteiger partial charge in [-0.2, -0.15) is 0 Å². The van der Waals surface area contributed by atoms with Gasteiger partial charge in [0.2, 0.25) is 0 Å². The molecule has 6 nitrogen and oxygen atoms in total. The maximum Gasteiger partial charge on any atom is 0.323 e. The fourth-order valence-electron chi connectivity index (χ4n) is 3.19. The third-order valence-electron chi connectivity index (χ3n) is 4.43. The van der Waals surface area contributed by atoms with E-state index in [1.807, 2.05) is 6.07 Å². The highest BCUT2D eigenvalue weighted by atomic mass is 19.1. The summed E-state index contributed by atoms with van der Waals surface area (Å²) >= 11 is 0. The fourth-order valence-corrected chi connectivity index (χ4v) is 3.19. The Labute approximate surface area is 142 Å². The van der Waals surface area contributed by atoms with Gasteiger partial charge in [0.15, 0.2) is 0 Å². The van der Waals surface area contributed by atoms with Gasteiger partial charge in [0, 0.05) is 18.7 Å². The lowest BCUT2D eigenvalue weighted by atomic mass is 10.1. The predicted octanol–water partition coefficient (Wildman–Crippen LogP) is 2.85. The predicted molar refractivity (Wildman–Crippen MR) is 94.7 cm³/mol. The van der Waals surface area contributed by atoms with Crippen LogP contribution in [0.5, 0.6) is 0 Å². The Balaban J connectivity index is 1.73. The summed E-state index contributed by atoms with van der Waals surface area (Å²) in [6.07, 6.45) is 2.18. The van der Waals surface area contributed by atoms with E-state index in [0.29, 0.717) is 22.3 Å². The van der Waals surface area contributed by atoms with Crippen LogP contribution in [0.1, 0.15) is 23.2 Å². The molecule has 0 saturated carbocycles. The van der Waals surface area contributed by atoms with Gasteiger partial charge < -0.3 is 20.2 Å². The van der Waals surface area contributed by atoms with Gasteiger partial charge in [-0.3, -0.25) is 4.79 Å². The molecule has 1 amide bonds. The van der Waals surface area contributed by atoms with Crippen molar-refractivity contribution in [3.63, 3.8) is 0 Å². The summed E-state index contributed by atoms with van der Waals surface area (Å²) < 4.78 is 13.0. The number of hydrogen-bond donors (Lipinski definition) is 3. The Morgan fingerprint density at radius 3 is 2.36 bits per heavy atom. The minimum absolute atomic E-state index is 0.288. The lowest BCUT2D eigenvalue weighted by molar-refractivity contribution is 0.102. The van der Waals surface area contributed by atoms with Gasteiger partial charge in [0.25, 0.3) is 5.91 Å². The molecule has 3 N–H and O–H groups in total. The van der Waals surface area contributed by atoms with Crippen LogP contribution >= 0.6 is 0 Å².